The van der Waals surface area contributed by atoms with E-state index in [1.807, 2.05) is 38.1 Å². The van der Waals surface area contributed by atoms with Crippen molar-refractivity contribution in [2.24, 2.45) is 0 Å². The van der Waals surface area contributed by atoms with Crippen LogP contribution in [0.3, 0.4) is 0 Å². The van der Waals surface area contributed by atoms with Crippen LogP contribution >= 0.6 is 0 Å². The molecule has 0 saturated heterocycles. The van der Waals surface area contributed by atoms with Gasteiger partial charge in [0.05, 0.1) is 5.56 Å². The Hall–Kier alpha value is -3.08. The molecule has 1 aromatic heterocycles. The average molecular weight is 335 g/mol. The molecule has 1 amide bonds. The zero-order chi connectivity index (χ0) is 17.6. The van der Waals surface area contributed by atoms with E-state index in [1.54, 1.807) is 23.1 Å². The monoisotopic (exact) mass is 335 g/mol. The van der Waals surface area contributed by atoms with Crippen LogP contribution in [-0.2, 0) is 0 Å². The number of fused-ring (bicyclic) bond motifs is 1. The second-order valence-electron chi connectivity index (χ2n) is 6.28. The molecule has 0 bridgehead atoms. The molecule has 1 atom stereocenters. The standard InChI is InChI=1S/C20H18FN3O/c1-12-11-17(13(2)22-12)19-23-18-6-4-3-5-16(18)20(25)24(19)15-9-7-14(21)8-10-15/h3-11,19,22-23H,1-2H3/t19-/m1/s1. The third kappa shape index (κ3) is 2.58. The van der Waals surface area contributed by atoms with Crippen LogP contribution in [-0.4, -0.2) is 10.9 Å². The lowest BCUT2D eigenvalue weighted by Gasteiger charge is -2.38. The first-order valence-electron chi connectivity index (χ1n) is 8.15. The van der Waals surface area contributed by atoms with Crippen LogP contribution < -0.4 is 10.2 Å². The Morgan fingerprint density at radius 3 is 2.44 bits per heavy atom. The first kappa shape index (κ1) is 15.4. The lowest BCUT2D eigenvalue weighted by atomic mass is 10.0. The van der Waals surface area contributed by atoms with Gasteiger partial charge in [-0.1, -0.05) is 12.1 Å². The number of aromatic amines is 1. The fourth-order valence-electron chi connectivity index (χ4n) is 3.37. The topological polar surface area (TPSA) is 48.1 Å². The molecule has 5 heteroatoms. The summed E-state index contributed by atoms with van der Waals surface area (Å²) in [7, 11) is 0. The summed E-state index contributed by atoms with van der Waals surface area (Å²) in [6.45, 7) is 3.97. The van der Waals surface area contributed by atoms with E-state index in [4.69, 9.17) is 0 Å². The Morgan fingerprint density at radius 1 is 1.04 bits per heavy atom. The number of anilines is 2. The molecule has 126 valence electrons. The smallest absolute Gasteiger partial charge is 0.262 e. The number of rotatable bonds is 2. The number of carbonyl (C=O) groups is 1. The predicted molar refractivity (Wildman–Crippen MR) is 96.3 cm³/mol. The van der Waals surface area contributed by atoms with Gasteiger partial charge in [0.1, 0.15) is 12.0 Å². The van der Waals surface area contributed by atoms with Crippen molar-refractivity contribution in [3.8, 4) is 0 Å². The van der Waals surface area contributed by atoms with Gasteiger partial charge in [-0.15, -0.1) is 0 Å². The molecule has 4 nitrogen and oxygen atoms in total. The highest BCUT2D eigenvalue weighted by Gasteiger charge is 2.35. The number of hydrogen-bond donors (Lipinski definition) is 2. The summed E-state index contributed by atoms with van der Waals surface area (Å²) in [6, 6.07) is 15.5. The lowest BCUT2D eigenvalue weighted by molar-refractivity contribution is 0.0975. The summed E-state index contributed by atoms with van der Waals surface area (Å²) < 4.78 is 13.4. The van der Waals surface area contributed by atoms with Crippen molar-refractivity contribution in [3.05, 3.63) is 82.9 Å². The molecule has 0 aliphatic carbocycles. The van der Waals surface area contributed by atoms with E-state index in [1.165, 1.54) is 12.1 Å². The van der Waals surface area contributed by atoms with Gasteiger partial charge in [0, 0.05) is 28.3 Å². The number of nitrogens with zero attached hydrogens (tertiary/aromatic N) is 1. The number of aryl methyl sites for hydroxylation is 2. The summed E-state index contributed by atoms with van der Waals surface area (Å²) in [4.78, 5) is 18.2. The fraction of sp³-hybridized carbons (Fsp3) is 0.150. The van der Waals surface area contributed by atoms with Crippen LogP contribution in [0.1, 0.15) is 33.5 Å². The van der Waals surface area contributed by atoms with Crippen molar-refractivity contribution in [1.82, 2.24) is 4.98 Å². The Balaban J connectivity index is 1.88. The molecule has 2 N–H and O–H groups in total. The van der Waals surface area contributed by atoms with Crippen LogP contribution in [0.25, 0.3) is 0 Å². The maximum absolute atomic E-state index is 13.4. The van der Waals surface area contributed by atoms with Crippen molar-refractivity contribution in [3.63, 3.8) is 0 Å². The Morgan fingerprint density at radius 2 is 1.76 bits per heavy atom. The van der Waals surface area contributed by atoms with Gasteiger partial charge >= 0.3 is 0 Å². The van der Waals surface area contributed by atoms with Crippen LogP contribution in [0.2, 0.25) is 0 Å². The zero-order valence-corrected chi connectivity index (χ0v) is 14.0. The molecule has 1 aliphatic rings. The fourth-order valence-corrected chi connectivity index (χ4v) is 3.37. The van der Waals surface area contributed by atoms with Gasteiger partial charge in [-0.25, -0.2) is 4.39 Å². The van der Waals surface area contributed by atoms with E-state index in [2.05, 4.69) is 10.3 Å². The van der Waals surface area contributed by atoms with Crippen molar-refractivity contribution in [2.45, 2.75) is 20.0 Å². The average Bonchev–Trinajstić information content (AvgIpc) is 2.94. The molecule has 3 aromatic rings. The summed E-state index contributed by atoms with van der Waals surface area (Å²) in [5.74, 6) is -0.434. The first-order valence-corrected chi connectivity index (χ1v) is 8.15. The Labute approximate surface area is 145 Å². The summed E-state index contributed by atoms with van der Waals surface area (Å²) in [5, 5.41) is 3.45. The number of carbonyl (C=O) groups excluding carboxylic acids is 1. The van der Waals surface area contributed by atoms with Gasteiger partial charge in [0.2, 0.25) is 0 Å². The summed E-state index contributed by atoms with van der Waals surface area (Å²) >= 11 is 0. The summed E-state index contributed by atoms with van der Waals surface area (Å²) in [6.07, 6.45) is -0.363. The second-order valence-corrected chi connectivity index (χ2v) is 6.28. The van der Waals surface area contributed by atoms with Crippen LogP contribution in [0, 0.1) is 19.7 Å². The molecule has 2 heterocycles. The number of amides is 1. The van der Waals surface area contributed by atoms with Crippen molar-refractivity contribution >= 4 is 17.3 Å². The first-order chi connectivity index (χ1) is 12.0. The van der Waals surface area contributed by atoms with E-state index in [0.717, 1.165) is 22.6 Å². The number of aromatic nitrogens is 1. The minimum atomic E-state index is -0.363. The molecule has 0 radical (unpaired) electrons. The van der Waals surface area contributed by atoms with Gasteiger partial charge in [-0.2, -0.15) is 0 Å². The SMILES string of the molecule is Cc1cc([C@@H]2Nc3ccccc3C(=O)N2c2ccc(F)cc2)c(C)[nH]1. The van der Waals surface area contributed by atoms with Gasteiger partial charge in [0.25, 0.3) is 5.91 Å². The van der Waals surface area contributed by atoms with Crippen LogP contribution in [0.15, 0.2) is 54.6 Å². The minimum Gasteiger partial charge on any atom is -0.362 e. The summed E-state index contributed by atoms with van der Waals surface area (Å²) in [5.41, 5.74) is 5.07. The molecule has 0 spiro atoms. The molecule has 0 saturated carbocycles. The van der Waals surface area contributed by atoms with E-state index < -0.39 is 0 Å². The predicted octanol–water partition coefficient (Wildman–Crippen LogP) is 4.54. The van der Waals surface area contributed by atoms with E-state index in [9.17, 15) is 9.18 Å². The molecule has 1 aliphatic heterocycles. The van der Waals surface area contributed by atoms with Gasteiger partial charge in [-0.05, 0) is 56.3 Å². The largest absolute Gasteiger partial charge is 0.362 e. The maximum Gasteiger partial charge on any atom is 0.262 e. The van der Waals surface area contributed by atoms with Crippen LogP contribution in [0.4, 0.5) is 15.8 Å². The zero-order valence-electron chi connectivity index (χ0n) is 14.0. The number of hydrogen-bond acceptors (Lipinski definition) is 2. The third-order valence-corrected chi connectivity index (χ3v) is 4.52. The van der Waals surface area contributed by atoms with Crippen molar-refractivity contribution in [2.75, 3.05) is 10.2 Å². The van der Waals surface area contributed by atoms with Gasteiger partial charge < -0.3 is 10.3 Å². The maximum atomic E-state index is 13.4. The van der Waals surface area contributed by atoms with Crippen molar-refractivity contribution < 1.29 is 9.18 Å². The number of H-pyrrole nitrogens is 1. The number of halogens is 1. The highest BCUT2D eigenvalue weighted by Crippen LogP contribution is 2.37. The van der Waals surface area contributed by atoms with Crippen LogP contribution in [0.5, 0.6) is 0 Å². The van der Waals surface area contributed by atoms with E-state index >= 15 is 0 Å². The van der Waals surface area contributed by atoms with Crippen molar-refractivity contribution in [1.29, 1.82) is 0 Å². The number of para-hydroxylation sites is 1. The highest BCUT2D eigenvalue weighted by molar-refractivity contribution is 6.12. The van der Waals surface area contributed by atoms with E-state index in [0.29, 0.717) is 11.3 Å². The number of benzene rings is 2. The Bertz CT molecular complexity index is 946. The lowest BCUT2D eigenvalue weighted by Crippen LogP contribution is -2.43. The molecular weight excluding hydrogens is 317 g/mol. The number of nitrogens with one attached hydrogen (secondary N) is 2. The Kier molecular flexibility index (Phi) is 3.57. The van der Waals surface area contributed by atoms with E-state index in [-0.39, 0.29) is 17.9 Å². The normalized spacial score (nSPS) is 16.5. The molecular formula is C20H18FN3O. The van der Waals surface area contributed by atoms with Gasteiger partial charge in [0.15, 0.2) is 0 Å². The minimum absolute atomic E-state index is 0.107. The molecule has 0 fully saturated rings. The molecule has 0 unspecified atom stereocenters. The molecule has 2 aromatic carbocycles. The quantitative estimate of drug-likeness (QED) is 0.722. The molecule has 25 heavy (non-hydrogen) atoms. The second kappa shape index (κ2) is 5.77. The molecule has 4 rings (SSSR count). The van der Waals surface area contributed by atoms with Gasteiger partial charge in [-0.3, -0.25) is 9.69 Å². The third-order valence-electron chi connectivity index (χ3n) is 4.52. The highest BCUT2D eigenvalue weighted by atomic mass is 19.1.